The molecule has 3 aliphatic carbocycles. The molecule has 3 saturated carbocycles. The Morgan fingerprint density at radius 1 is 0.875 bits per heavy atom. The lowest BCUT2D eigenvalue weighted by atomic mass is 9.77. The summed E-state index contributed by atoms with van der Waals surface area (Å²) in [5.41, 5.74) is 0. The number of ether oxygens (including phenoxy) is 2. The molecule has 4 heteroatoms. The average Bonchev–Trinajstić information content (AvgIpc) is 3.21. The third kappa shape index (κ3) is 3.34. The lowest BCUT2D eigenvalue weighted by molar-refractivity contribution is -0.153. The van der Waals surface area contributed by atoms with Crippen molar-refractivity contribution in [1.29, 1.82) is 0 Å². The highest BCUT2D eigenvalue weighted by molar-refractivity contribution is 5.71. The quantitative estimate of drug-likeness (QED) is 0.694. The van der Waals surface area contributed by atoms with Crippen molar-refractivity contribution in [3.05, 3.63) is 0 Å². The SMILES string of the molecule is CC(C)C(=O)OC[C@@H]1C[C@@H]2[C@H]3CC[C@@H](C3)[C@H]2[C@H]1COC(=O)C(C)C. The molecule has 3 rings (SSSR count). The highest BCUT2D eigenvalue weighted by atomic mass is 16.5. The van der Waals surface area contributed by atoms with Crippen molar-refractivity contribution in [2.45, 2.75) is 53.4 Å². The van der Waals surface area contributed by atoms with Gasteiger partial charge in [0.1, 0.15) is 0 Å². The highest BCUT2D eigenvalue weighted by Crippen LogP contribution is 2.62. The zero-order valence-electron chi connectivity index (χ0n) is 15.5. The fraction of sp³-hybridized carbons (Fsp3) is 0.900. The molecular weight excluding hydrogens is 304 g/mol. The molecule has 4 nitrogen and oxygen atoms in total. The summed E-state index contributed by atoms with van der Waals surface area (Å²) in [4.78, 5) is 23.7. The Morgan fingerprint density at radius 3 is 2.08 bits per heavy atom. The normalized spacial score (nSPS) is 37.1. The van der Waals surface area contributed by atoms with E-state index in [9.17, 15) is 9.59 Å². The van der Waals surface area contributed by atoms with Gasteiger partial charge in [-0.05, 0) is 55.3 Å². The minimum Gasteiger partial charge on any atom is -0.465 e. The van der Waals surface area contributed by atoms with Crippen molar-refractivity contribution in [3.63, 3.8) is 0 Å². The largest absolute Gasteiger partial charge is 0.465 e. The third-order valence-corrected chi connectivity index (χ3v) is 6.63. The molecule has 0 saturated heterocycles. The van der Waals surface area contributed by atoms with Gasteiger partial charge in [0.05, 0.1) is 25.0 Å². The second-order valence-electron chi connectivity index (χ2n) is 8.80. The summed E-state index contributed by atoms with van der Waals surface area (Å²) in [6.45, 7) is 8.48. The number of carbonyl (C=O) groups excluding carboxylic acids is 2. The van der Waals surface area contributed by atoms with Crippen molar-refractivity contribution in [1.82, 2.24) is 0 Å². The molecular formula is C20H32O4. The van der Waals surface area contributed by atoms with Gasteiger partial charge < -0.3 is 9.47 Å². The molecule has 0 amide bonds. The van der Waals surface area contributed by atoms with E-state index >= 15 is 0 Å². The van der Waals surface area contributed by atoms with E-state index in [2.05, 4.69) is 0 Å². The van der Waals surface area contributed by atoms with Crippen LogP contribution in [0.1, 0.15) is 53.4 Å². The van der Waals surface area contributed by atoms with E-state index in [1.807, 2.05) is 27.7 Å². The first-order chi connectivity index (χ1) is 11.4. The average molecular weight is 336 g/mol. The van der Waals surface area contributed by atoms with E-state index in [4.69, 9.17) is 9.47 Å². The molecule has 0 aromatic heterocycles. The summed E-state index contributed by atoms with van der Waals surface area (Å²) in [6, 6.07) is 0. The predicted molar refractivity (Wildman–Crippen MR) is 91.0 cm³/mol. The van der Waals surface area contributed by atoms with E-state index in [1.165, 1.54) is 19.3 Å². The first-order valence-corrected chi connectivity index (χ1v) is 9.71. The van der Waals surface area contributed by atoms with Crippen molar-refractivity contribution in [2.75, 3.05) is 13.2 Å². The first kappa shape index (κ1) is 17.8. The number of hydrogen-bond donors (Lipinski definition) is 0. The number of rotatable bonds is 6. The van der Waals surface area contributed by atoms with E-state index in [0.29, 0.717) is 31.0 Å². The molecule has 0 aromatic rings. The topological polar surface area (TPSA) is 52.6 Å². The van der Waals surface area contributed by atoms with Gasteiger partial charge in [0.25, 0.3) is 0 Å². The summed E-state index contributed by atoms with van der Waals surface area (Å²) >= 11 is 0. The molecule has 0 unspecified atom stereocenters. The van der Waals surface area contributed by atoms with E-state index in [-0.39, 0.29) is 23.8 Å². The van der Waals surface area contributed by atoms with Crippen LogP contribution in [0.3, 0.4) is 0 Å². The molecule has 24 heavy (non-hydrogen) atoms. The Labute approximate surface area is 145 Å². The van der Waals surface area contributed by atoms with Crippen LogP contribution in [0.5, 0.6) is 0 Å². The predicted octanol–water partition coefficient (Wildman–Crippen LogP) is 3.68. The summed E-state index contributed by atoms with van der Waals surface area (Å²) in [6.07, 6.45) is 5.20. The molecule has 0 radical (unpaired) electrons. The summed E-state index contributed by atoms with van der Waals surface area (Å²) in [5.74, 6) is 3.41. The van der Waals surface area contributed by atoms with Crippen LogP contribution >= 0.6 is 0 Å². The highest BCUT2D eigenvalue weighted by Gasteiger charge is 2.57. The fourth-order valence-corrected chi connectivity index (χ4v) is 5.45. The van der Waals surface area contributed by atoms with Crippen molar-refractivity contribution >= 4 is 11.9 Å². The Kier molecular flexibility index (Phi) is 5.22. The molecule has 2 bridgehead atoms. The molecule has 6 atom stereocenters. The maximum absolute atomic E-state index is 11.9. The van der Waals surface area contributed by atoms with Gasteiger partial charge in [-0.1, -0.05) is 27.7 Å². The number of fused-ring (bicyclic) bond motifs is 5. The van der Waals surface area contributed by atoms with Crippen LogP contribution in [0.25, 0.3) is 0 Å². The van der Waals surface area contributed by atoms with Crippen LogP contribution in [-0.2, 0) is 19.1 Å². The molecule has 0 aromatic carbocycles. The van der Waals surface area contributed by atoms with E-state index in [1.54, 1.807) is 0 Å². The van der Waals surface area contributed by atoms with Gasteiger partial charge in [0, 0.05) is 5.92 Å². The second-order valence-corrected chi connectivity index (χ2v) is 8.80. The number of hydrogen-bond acceptors (Lipinski definition) is 4. The van der Waals surface area contributed by atoms with E-state index < -0.39 is 0 Å². The summed E-state index contributed by atoms with van der Waals surface area (Å²) < 4.78 is 11.2. The summed E-state index contributed by atoms with van der Waals surface area (Å²) in [5, 5.41) is 0. The van der Waals surface area contributed by atoms with E-state index in [0.717, 1.165) is 24.2 Å². The molecule has 0 N–H and O–H groups in total. The first-order valence-electron chi connectivity index (χ1n) is 9.71. The zero-order valence-corrected chi connectivity index (χ0v) is 15.5. The monoisotopic (exact) mass is 336 g/mol. The van der Waals surface area contributed by atoms with Gasteiger partial charge in [-0.2, -0.15) is 0 Å². The number of esters is 2. The van der Waals surface area contributed by atoms with Crippen molar-refractivity contribution < 1.29 is 19.1 Å². The second kappa shape index (κ2) is 7.05. The smallest absolute Gasteiger partial charge is 0.308 e. The van der Waals surface area contributed by atoms with Gasteiger partial charge in [0.15, 0.2) is 0 Å². The zero-order chi connectivity index (χ0) is 17.4. The summed E-state index contributed by atoms with van der Waals surface area (Å²) in [7, 11) is 0. The molecule has 3 aliphatic rings. The Morgan fingerprint density at radius 2 is 1.46 bits per heavy atom. The lowest BCUT2D eigenvalue weighted by Gasteiger charge is -2.30. The van der Waals surface area contributed by atoms with Crippen LogP contribution in [0.15, 0.2) is 0 Å². The van der Waals surface area contributed by atoms with Crippen LogP contribution in [0, 0.1) is 47.3 Å². The molecule has 0 heterocycles. The van der Waals surface area contributed by atoms with Crippen LogP contribution < -0.4 is 0 Å². The fourth-order valence-electron chi connectivity index (χ4n) is 5.45. The van der Waals surface area contributed by atoms with Crippen LogP contribution in [0.4, 0.5) is 0 Å². The van der Waals surface area contributed by atoms with Gasteiger partial charge in [-0.3, -0.25) is 9.59 Å². The van der Waals surface area contributed by atoms with Crippen LogP contribution in [-0.4, -0.2) is 25.2 Å². The Balaban J connectivity index is 1.64. The Bertz CT molecular complexity index is 484. The Hall–Kier alpha value is -1.06. The van der Waals surface area contributed by atoms with Gasteiger partial charge in [-0.25, -0.2) is 0 Å². The van der Waals surface area contributed by atoms with Crippen molar-refractivity contribution in [3.8, 4) is 0 Å². The van der Waals surface area contributed by atoms with Crippen LogP contribution in [0.2, 0.25) is 0 Å². The van der Waals surface area contributed by atoms with Crippen molar-refractivity contribution in [2.24, 2.45) is 47.3 Å². The minimum atomic E-state index is -0.118. The minimum absolute atomic E-state index is 0.0838. The molecule has 0 spiro atoms. The van der Waals surface area contributed by atoms with Gasteiger partial charge in [0.2, 0.25) is 0 Å². The third-order valence-electron chi connectivity index (χ3n) is 6.63. The molecule has 0 aliphatic heterocycles. The maximum Gasteiger partial charge on any atom is 0.308 e. The van der Waals surface area contributed by atoms with Gasteiger partial charge >= 0.3 is 11.9 Å². The van der Waals surface area contributed by atoms with Gasteiger partial charge in [-0.15, -0.1) is 0 Å². The maximum atomic E-state index is 11.9. The standard InChI is InChI=1S/C20H32O4/c1-11(2)19(21)23-9-15-8-16-13-5-6-14(7-13)18(16)17(15)10-24-20(22)12(3)4/h11-18H,5-10H2,1-4H3/t13-,14-,15-,16+,17-,18+/m0/s1. The molecule has 136 valence electrons. The number of carbonyl (C=O) groups is 2. The lowest BCUT2D eigenvalue weighted by Crippen LogP contribution is -2.31. The molecule has 3 fully saturated rings.